The summed E-state index contributed by atoms with van der Waals surface area (Å²) in [5, 5.41) is 14.5. The molecule has 5 rings (SSSR count). The van der Waals surface area contributed by atoms with E-state index in [4.69, 9.17) is 4.74 Å². The van der Waals surface area contributed by atoms with Crippen molar-refractivity contribution in [1.82, 2.24) is 14.8 Å². The van der Waals surface area contributed by atoms with Crippen LogP contribution >= 0.6 is 0 Å². The largest absolute Gasteiger partial charge is 0.496 e. The van der Waals surface area contributed by atoms with E-state index >= 15 is 0 Å². The molecule has 0 bridgehead atoms. The number of hydrogen-bond donors (Lipinski definition) is 1. The zero-order valence-corrected chi connectivity index (χ0v) is 22.8. The molecule has 2 aliphatic rings. The molecule has 1 aromatic heterocycles. The van der Waals surface area contributed by atoms with Gasteiger partial charge in [0.15, 0.2) is 0 Å². The summed E-state index contributed by atoms with van der Waals surface area (Å²) in [6, 6.07) is 14.6. The third kappa shape index (κ3) is 5.93. The number of ether oxygens (including phenoxy) is 1. The lowest BCUT2D eigenvalue weighted by Gasteiger charge is -2.36. The maximum Gasteiger partial charge on any atom is 0.230 e. The molecule has 7 heteroatoms. The second-order valence-corrected chi connectivity index (χ2v) is 11.2. The summed E-state index contributed by atoms with van der Waals surface area (Å²) < 4.78 is 7.21. The van der Waals surface area contributed by atoms with E-state index in [1.54, 1.807) is 18.1 Å². The Morgan fingerprint density at radius 1 is 1.03 bits per heavy atom. The van der Waals surface area contributed by atoms with Gasteiger partial charge in [0.25, 0.3) is 0 Å². The van der Waals surface area contributed by atoms with Crippen molar-refractivity contribution < 1.29 is 14.6 Å². The van der Waals surface area contributed by atoms with Gasteiger partial charge in [0.05, 0.1) is 18.9 Å². The smallest absolute Gasteiger partial charge is 0.230 e. The van der Waals surface area contributed by atoms with Crippen LogP contribution in [0.5, 0.6) is 5.75 Å². The van der Waals surface area contributed by atoms with E-state index in [1.165, 1.54) is 11.1 Å². The van der Waals surface area contributed by atoms with Crippen molar-refractivity contribution in [1.29, 1.82) is 0 Å². The number of aromatic nitrogens is 3. The molecule has 0 spiro atoms. The molecule has 0 radical (unpaired) electrons. The van der Waals surface area contributed by atoms with Gasteiger partial charge in [-0.25, -0.2) is 9.67 Å². The SMILES string of the molecule is COc1ccc([C@H]2CC[C@H](CN(c3cccc(-n4cnc(C)n4)c3)C(=O)[C@H]3CC[C@H](O)CC3)CC2)cc1C. The normalized spacial score (nSPS) is 23.7. The van der Waals surface area contributed by atoms with Crippen LogP contribution in [-0.2, 0) is 4.79 Å². The predicted molar refractivity (Wildman–Crippen MR) is 149 cm³/mol. The van der Waals surface area contributed by atoms with E-state index < -0.39 is 0 Å². The summed E-state index contributed by atoms with van der Waals surface area (Å²) in [6.07, 6.45) is 8.82. The van der Waals surface area contributed by atoms with Crippen LogP contribution in [0.1, 0.15) is 74.2 Å². The quantitative estimate of drug-likeness (QED) is 0.432. The van der Waals surface area contributed by atoms with Gasteiger partial charge in [-0.2, -0.15) is 5.10 Å². The molecule has 2 aromatic carbocycles. The minimum Gasteiger partial charge on any atom is -0.496 e. The first-order chi connectivity index (χ1) is 18.4. The van der Waals surface area contributed by atoms with Crippen LogP contribution in [0.25, 0.3) is 5.69 Å². The first-order valence-electron chi connectivity index (χ1n) is 14.0. The lowest BCUT2D eigenvalue weighted by Crippen LogP contribution is -2.41. The molecular weight excluding hydrogens is 476 g/mol. The van der Waals surface area contributed by atoms with E-state index in [0.29, 0.717) is 30.5 Å². The lowest BCUT2D eigenvalue weighted by atomic mass is 9.78. The molecule has 2 saturated carbocycles. The highest BCUT2D eigenvalue weighted by atomic mass is 16.5. The van der Waals surface area contributed by atoms with Crippen LogP contribution in [-0.4, -0.2) is 45.5 Å². The van der Waals surface area contributed by atoms with E-state index in [-0.39, 0.29) is 17.9 Å². The Bertz CT molecular complexity index is 1240. The molecule has 0 unspecified atom stereocenters. The number of nitrogens with zero attached hydrogens (tertiary/aromatic N) is 4. The molecule has 0 atom stereocenters. The van der Waals surface area contributed by atoms with Gasteiger partial charge in [0.1, 0.15) is 17.9 Å². The molecule has 38 heavy (non-hydrogen) atoms. The number of carbonyl (C=O) groups is 1. The summed E-state index contributed by atoms with van der Waals surface area (Å²) in [5.74, 6) is 2.83. The molecule has 2 aliphatic carbocycles. The molecular formula is C31H40N4O3. The monoisotopic (exact) mass is 516 g/mol. The van der Waals surface area contributed by atoms with Crippen LogP contribution in [0.15, 0.2) is 48.8 Å². The van der Waals surface area contributed by atoms with Gasteiger partial charge in [0.2, 0.25) is 5.91 Å². The number of aryl methyl sites for hydroxylation is 2. The number of amides is 1. The van der Waals surface area contributed by atoms with Crippen molar-refractivity contribution in [2.45, 2.75) is 77.2 Å². The van der Waals surface area contributed by atoms with E-state index in [9.17, 15) is 9.90 Å². The average molecular weight is 517 g/mol. The summed E-state index contributed by atoms with van der Waals surface area (Å²) in [4.78, 5) is 20.2. The van der Waals surface area contributed by atoms with Crippen molar-refractivity contribution in [2.24, 2.45) is 11.8 Å². The fourth-order valence-corrected chi connectivity index (χ4v) is 6.23. The van der Waals surface area contributed by atoms with Gasteiger partial charge in [-0.05, 0) is 112 Å². The highest BCUT2D eigenvalue weighted by Gasteiger charge is 2.32. The molecule has 3 aromatic rings. The average Bonchev–Trinajstić information content (AvgIpc) is 3.38. The Labute approximate surface area is 225 Å². The highest BCUT2D eigenvalue weighted by molar-refractivity contribution is 5.95. The fourth-order valence-electron chi connectivity index (χ4n) is 6.23. The van der Waals surface area contributed by atoms with Crippen molar-refractivity contribution in [3.8, 4) is 11.4 Å². The zero-order valence-electron chi connectivity index (χ0n) is 22.8. The summed E-state index contributed by atoms with van der Waals surface area (Å²) in [6.45, 7) is 4.71. The zero-order chi connectivity index (χ0) is 26.6. The van der Waals surface area contributed by atoms with Crippen molar-refractivity contribution in [3.63, 3.8) is 0 Å². The van der Waals surface area contributed by atoms with Gasteiger partial charge in [-0.1, -0.05) is 18.2 Å². The molecule has 2 fully saturated rings. The third-order valence-corrected chi connectivity index (χ3v) is 8.50. The Balaban J connectivity index is 1.32. The molecule has 7 nitrogen and oxygen atoms in total. The second kappa shape index (κ2) is 11.7. The molecule has 1 amide bonds. The molecule has 1 N–H and O–H groups in total. The summed E-state index contributed by atoms with van der Waals surface area (Å²) in [5.41, 5.74) is 4.40. The van der Waals surface area contributed by atoms with Gasteiger partial charge in [-0.3, -0.25) is 4.79 Å². The highest BCUT2D eigenvalue weighted by Crippen LogP contribution is 2.38. The van der Waals surface area contributed by atoms with Crippen LogP contribution in [0.4, 0.5) is 5.69 Å². The first-order valence-corrected chi connectivity index (χ1v) is 14.0. The second-order valence-electron chi connectivity index (χ2n) is 11.2. The molecule has 1 heterocycles. The fraction of sp³-hybridized carbons (Fsp3) is 0.516. The number of hydrogen-bond acceptors (Lipinski definition) is 5. The van der Waals surface area contributed by atoms with E-state index in [0.717, 1.165) is 62.2 Å². The predicted octanol–water partition coefficient (Wildman–Crippen LogP) is 5.75. The maximum absolute atomic E-state index is 13.9. The maximum atomic E-state index is 13.9. The van der Waals surface area contributed by atoms with E-state index in [2.05, 4.69) is 41.3 Å². The first kappa shape index (κ1) is 26.4. The van der Waals surface area contributed by atoms with Gasteiger partial charge in [-0.15, -0.1) is 0 Å². The van der Waals surface area contributed by atoms with Gasteiger partial charge >= 0.3 is 0 Å². The van der Waals surface area contributed by atoms with Crippen molar-refractivity contribution >= 4 is 11.6 Å². The van der Waals surface area contributed by atoms with Crippen LogP contribution < -0.4 is 9.64 Å². The molecule has 202 valence electrons. The number of rotatable bonds is 7. The minimum absolute atomic E-state index is 0.0331. The summed E-state index contributed by atoms with van der Waals surface area (Å²) in [7, 11) is 1.72. The topological polar surface area (TPSA) is 80.5 Å². The van der Waals surface area contributed by atoms with Crippen molar-refractivity contribution in [3.05, 3.63) is 65.7 Å². The Hall–Kier alpha value is -3.19. The number of methoxy groups -OCH3 is 1. The van der Waals surface area contributed by atoms with E-state index in [1.807, 2.05) is 30.0 Å². The standard InChI is InChI=1S/C31H40N4O3/c1-21-17-26(13-16-30(21)38-3)24-9-7-23(8-10-24)19-34(31(37)25-11-14-29(36)15-12-25)27-5-4-6-28(18-27)35-20-32-22(2)33-35/h4-6,13,16-18,20,23-25,29,36H,7-12,14-15,19H2,1-3H3/t23-,24-,25-,29-. The summed E-state index contributed by atoms with van der Waals surface area (Å²) >= 11 is 0. The van der Waals surface area contributed by atoms with Gasteiger partial charge in [0, 0.05) is 18.2 Å². The number of carbonyl (C=O) groups excluding carboxylic acids is 1. The van der Waals surface area contributed by atoms with Gasteiger partial charge < -0.3 is 14.7 Å². The molecule has 0 saturated heterocycles. The Morgan fingerprint density at radius 3 is 2.45 bits per heavy atom. The Kier molecular flexibility index (Phi) is 8.12. The third-order valence-electron chi connectivity index (χ3n) is 8.50. The van der Waals surface area contributed by atoms with Crippen LogP contribution in [0.3, 0.4) is 0 Å². The lowest BCUT2D eigenvalue weighted by molar-refractivity contribution is -0.124. The Morgan fingerprint density at radius 2 is 1.79 bits per heavy atom. The molecule has 0 aliphatic heterocycles. The van der Waals surface area contributed by atoms with Crippen LogP contribution in [0, 0.1) is 25.7 Å². The minimum atomic E-state index is -0.275. The van der Waals surface area contributed by atoms with Crippen LogP contribution in [0.2, 0.25) is 0 Å². The number of benzene rings is 2. The number of aliphatic hydroxyl groups excluding tert-OH is 1. The number of aliphatic hydroxyl groups is 1. The number of anilines is 1. The van der Waals surface area contributed by atoms with Crippen molar-refractivity contribution in [2.75, 3.05) is 18.6 Å².